The second-order valence-corrected chi connectivity index (χ2v) is 3.72. The van der Waals surface area contributed by atoms with Crippen LogP contribution in [-0.2, 0) is 6.54 Å². The Morgan fingerprint density at radius 2 is 2.19 bits per heavy atom. The monoisotopic (exact) mass is 222 g/mol. The largest absolute Gasteiger partial charge is 0.409 e. The Labute approximate surface area is 95.6 Å². The Bertz CT molecular complexity index is 339. The van der Waals surface area contributed by atoms with E-state index in [4.69, 9.17) is 10.9 Å². The van der Waals surface area contributed by atoms with Crippen LogP contribution in [0.25, 0.3) is 0 Å². The highest BCUT2D eigenvalue weighted by Gasteiger charge is 2.17. The molecule has 0 aliphatic carbocycles. The van der Waals surface area contributed by atoms with Crippen molar-refractivity contribution in [1.29, 1.82) is 0 Å². The Morgan fingerprint density at radius 1 is 1.56 bits per heavy atom. The molecule has 88 valence electrons. The first-order chi connectivity index (χ1) is 7.69. The Kier molecular flexibility index (Phi) is 4.72. The maximum Gasteiger partial charge on any atom is 0.156 e. The molecule has 0 bridgehead atoms. The summed E-state index contributed by atoms with van der Waals surface area (Å²) in [6.07, 6.45) is 4.32. The Balaban J connectivity index is 2.67. The van der Waals surface area contributed by atoms with Crippen LogP contribution in [0.2, 0.25) is 0 Å². The first kappa shape index (κ1) is 12.4. The minimum Gasteiger partial charge on any atom is -0.409 e. The zero-order chi connectivity index (χ0) is 12.0. The molecule has 1 atom stereocenters. The number of amidine groups is 1. The molecule has 0 fully saturated rings. The highest BCUT2D eigenvalue weighted by molar-refractivity contribution is 5.85. The van der Waals surface area contributed by atoms with Gasteiger partial charge in [0, 0.05) is 18.9 Å². The third kappa shape index (κ3) is 3.20. The summed E-state index contributed by atoms with van der Waals surface area (Å²) >= 11 is 0. The van der Waals surface area contributed by atoms with Gasteiger partial charge < -0.3 is 10.9 Å². The minimum atomic E-state index is -0.0434. The summed E-state index contributed by atoms with van der Waals surface area (Å²) in [4.78, 5) is 6.01. The van der Waals surface area contributed by atoms with E-state index in [1.165, 1.54) is 0 Å². The van der Waals surface area contributed by atoms with Crippen molar-refractivity contribution in [1.82, 2.24) is 9.88 Å². The molecule has 0 aliphatic rings. The van der Waals surface area contributed by atoms with Crippen LogP contribution in [0, 0.1) is 0 Å². The quantitative estimate of drug-likeness (QED) is 0.338. The Hall–Kier alpha value is -1.62. The average Bonchev–Trinajstić information content (AvgIpc) is 2.31. The topological polar surface area (TPSA) is 74.7 Å². The zero-order valence-corrected chi connectivity index (χ0v) is 9.67. The van der Waals surface area contributed by atoms with Crippen molar-refractivity contribution in [2.45, 2.75) is 25.9 Å². The van der Waals surface area contributed by atoms with E-state index in [2.05, 4.69) is 10.1 Å². The van der Waals surface area contributed by atoms with E-state index in [0.29, 0.717) is 0 Å². The summed E-state index contributed by atoms with van der Waals surface area (Å²) in [6.45, 7) is 2.75. The van der Waals surface area contributed by atoms with Crippen molar-refractivity contribution in [3.05, 3.63) is 30.1 Å². The molecule has 0 aliphatic heterocycles. The molecule has 1 aromatic rings. The number of likely N-dealkylation sites (N-methyl/N-ethyl adjacent to an activating group) is 1. The summed E-state index contributed by atoms with van der Waals surface area (Å²) in [5.74, 6) is 0.249. The van der Waals surface area contributed by atoms with E-state index in [1.54, 1.807) is 12.4 Å². The molecule has 0 aromatic carbocycles. The molecule has 3 N–H and O–H groups in total. The van der Waals surface area contributed by atoms with Gasteiger partial charge in [0.1, 0.15) is 0 Å². The number of oxime groups is 1. The lowest BCUT2D eigenvalue weighted by Crippen LogP contribution is -2.41. The SMILES string of the molecule is CCC(C(N)=NO)N(C)Cc1ccncc1. The van der Waals surface area contributed by atoms with Crippen molar-refractivity contribution in [2.24, 2.45) is 10.9 Å². The van der Waals surface area contributed by atoms with Gasteiger partial charge in [-0.1, -0.05) is 12.1 Å². The van der Waals surface area contributed by atoms with Gasteiger partial charge >= 0.3 is 0 Å². The standard InChI is InChI=1S/C11H18N4O/c1-3-10(11(12)14-16)15(2)8-9-4-6-13-7-5-9/h4-7,10,16H,3,8H2,1-2H3,(H2,12,14). The lowest BCUT2D eigenvalue weighted by Gasteiger charge is -2.25. The fourth-order valence-electron chi connectivity index (χ4n) is 1.70. The molecule has 0 saturated heterocycles. The second kappa shape index (κ2) is 6.07. The normalized spacial score (nSPS) is 14.1. The second-order valence-electron chi connectivity index (χ2n) is 3.72. The van der Waals surface area contributed by atoms with E-state index in [-0.39, 0.29) is 11.9 Å². The van der Waals surface area contributed by atoms with Gasteiger partial charge in [-0.05, 0) is 31.2 Å². The van der Waals surface area contributed by atoms with E-state index < -0.39 is 0 Å². The van der Waals surface area contributed by atoms with E-state index >= 15 is 0 Å². The molecule has 0 spiro atoms. The summed E-state index contributed by atoms with van der Waals surface area (Å²) in [5.41, 5.74) is 6.78. The van der Waals surface area contributed by atoms with Gasteiger partial charge in [-0.3, -0.25) is 9.88 Å². The van der Waals surface area contributed by atoms with Crippen LogP contribution in [0.4, 0.5) is 0 Å². The third-order valence-electron chi connectivity index (χ3n) is 2.56. The lowest BCUT2D eigenvalue weighted by atomic mass is 10.1. The van der Waals surface area contributed by atoms with Gasteiger partial charge in [0.15, 0.2) is 5.84 Å². The predicted molar refractivity (Wildman–Crippen MR) is 63.2 cm³/mol. The number of aromatic nitrogens is 1. The maximum absolute atomic E-state index is 8.68. The third-order valence-corrected chi connectivity index (χ3v) is 2.56. The van der Waals surface area contributed by atoms with Crippen molar-refractivity contribution in [2.75, 3.05) is 7.05 Å². The summed E-state index contributed by atoms with van der Waals surface area (Å²) in [7, 11) is 1.95. The number of rotatable bonds is 5. The molecule has 0 saturated carbocycles. The van der Waals surface area contributed by atoms with Gasteiger partial charge in [-0.2, -0.15) is 0 Å². The maximum atomic E-state index is 8.68. The first-order valence-electron chi connectivity index (χ1n) is 5.25. The molecule has 1 unspecified atom stereocenters. The zero-order valence-electron chi connectivity index (χ0n) is 9.67. The number of pyridine rings is 1. The fraction of sp³-hybridized carbons (Fsp3) is 0.455. The van der Waals surface area contributed by atoms with Gasteiger partial charge in [-0.25, -0.2) is 0 Å². The van der Waals surface area contributed by atoms with Crippen LogP contribution in [0.1, 0.15) is 18.9 Å². The number of hydrogen-bond acceptors (Lipinski definition) is 4. The highest BCUT2D eigenvalue weighted by Crippen LogP contribution is 2.08. The van der Waals surface area contributed by atoms with Crippen molar-refractivity contribution in [3.8, 4) is 0 Å². The van der Waals surface area contributed by atoms with Gasteiger partial charge in [-0.15, -0.1) is 0 Å². The van der Waals surface area contributed by atoms with Gasteiger partial charge in [0.2, 0.25) is 0 Å². The van der Waals surface area contributed by atoms with E-state index in [1.807, 2.05) is 31.0 Å². The molecule has 1 rings (SSSR count). The van der Waals surface area contributed by atoms with Gasteiger partial charge in [0.05, 0.1) is 6.04 Å². The molecule has 0 amide bonds. The van der Waals surface area contributed by atoms with Crippen LogP contribution in [0.3, 0.4) is 0 Å². The molecular formula is C11H18N4O. The van der Waals surface area contributed by atoms with E-state index in [9.17, 15) is 0 Å². The molecular weight excluding hydrogens is 204 g/mol. The molecule has 16 heavy (non-hydrogen) atoms. The summed E-state index contributed by atoms with van der Waals surface area (Å²) in [6, 6.07) is 3.86. The minimum absolute atomic E-state index is 0.0434. The molecule has 0 radical (unpaired) electrons. The first-order valence-corrected chi connectivity index (χ1v) is 5.25. The van der Waals surface area contributed by atoms with Gasteiger partial charge in [0.25, 0.3) is 0 Å². The summed E-state index contributed by atoms with van der Waals surface area (Å²) in [5, 5.41) is 11.7. The Morgan fingerprint density at radius 3 is 2.69 bits per heavy atom. The summed E-state index contributed by atoms with van der Waals surface area (Å²) < 4.78 is 0. The molecule has 1 heterocycles. The number of nitrogens with two attached hydrogens (primary N) is 1. The van der Waals surface area contributed by atoms with E-state index in [0.717, 1.165) is 18.5 Å². The smallest absolute Gasteiger partial charge is 0.156 e. The van der Waals surface area contributed by atoms with Crippen LogP contribution in [0.5, 0.6) is 0 Å². The number of nitrogens with zero attached hydrogens (tertiary/aromatic N) is 3. The molecule has 5 nitrogen and oxygen atoms in total. The lowest BCUT2D eigenvalue weighted by molar-refractivity contribution is 0.264. The number of hydrogen-bond donors (Lipinski definition) is 2. The van der Waals surface area contributed by atoms with Crippen LogP contribution < -0.4 is 5.73 Å². The average molecular weight is 222 g/mol. The predicted octanol–water partition coefficient (Wildman–Crippen LogP) is 1.04. The molecule has 5 heteroatoms. The van der Waals surface area contributed by atoms with Crippen LogP contribution >= 0.6 is 0 Å². The highest BCUT2D eigenvalue weighted by atomic mass is 16.4. The fourth-order valence-corrected chi connectivity index (χ4v) is 1.70. The van der Waals surface area contributed by atoms with Crippen LogP contribution in [-0.4, -0.2) is 34.0 Å². The van der Waals surface area contributed by atoms with Crippen molar-refractivity contribution in [3.63, 3.8) is 0 Å². The van der Waals surface area contributed by atoms with Crippen molar-refractivity contribution < 1.29 is 5.21 Å². The molecule has 1 aromatic heterocycles. The van der Waals surface area contributed by atoms with Crippen LogP contribution in [0.15, 0.2) is 29.7 Å². The van der Waals surface area contributed by atoms with Crippen molar-refractivity contribution >= 4 is 5.84 Å².